The second-order valence-electron chi connectivity index (χ2n) is 8.26. The van der Waals surface area contributed by atoms with Crippen molar-refractivity contribution in [3.8, 4) is 11.5 Å². The first-order valence-corrected chi connectivity index (χ1v) is 9.27. The summed E-state index contributed by atoms with van der Waals surface area (Å²) in [5.74, 6) is 2.36. The summed E-state index contributed by atoms with van der Waals surface area (Å²) in [4.78, 5) is 11.3. The molecule has 1 aliphatic rings. The van der Waals surface area contributed by atoms with Gasteiger partial charge in [0.1, 0.15) is 5.69 Å². The summed E-state index contributed by atoms with van der Waals surface area (Å²) in [6, 6.07) is 10.4. The third-order valence-electron chi connectivity index (χ3n) is 4.99. The lowest BCUT2D eigenvalue weighted by molar-refractivity contribution is 0.472. The molecule has 1 aliphatic heterocycles. The summed E-state index contributed by atoms with van der Waals surface area (Å²) in [6.45, 7) is 13.0. The second kappa shape index (κ2) is 6.08. The average Bonchev–Trinajstić information content (AvgIpc) is 2.59. The van der Waals surface area contributed by atoms with E-state index in [1.54, 1.807) is 6.20 Å². The van der Waals surface area contributed by atoms with E-state index in [-0.39, 0.29) is 5.41 Å². The molecule has 3 heterocycles. The van der Waals surface area contributed by atoms with Crippen molar-refractivity contribution in [3.05, 3.63) is 65.1 Å². The molecule has 138 valence electrons. The van der Waals surface area contributed by atoms with Gasteiger partial charge in [0.15, 0.2) is 17.3 Å². The number of rotatable bonds is 1. The van der Waals surface area contributed by atoms with Gasteiger partial charge in [0.2, 0.25) is 0 Å². The molecule has 0 amide bonds. The molecule has 0 radical (unpaired) electrons. The molecule has 0 aliphatic carbocycles. The van der Waals surface area contributed by atoms with Gasteiger partial charge in [-0.1, -0.05) is 32.9 Å². The molecule has 0 bridgehead atoms. The fourth-order valence-electron chi connectivity index (χ4n) is 3.61. The number of benzene rings is 1. The van der Waals surface area contributed by atoms with Gasteiger partial charge >= 0.3 is 0 Å². The first-order chi connectivity index (χ1) is 12.8. The third-order valence-corrected chi connectivity index (χ3v) is 4.99. The highest BCUT2D eigenvalue weighted by molar-refractivity contribution is 5.86. The molecule has 2 aromatic heterocycles. The van der Waals surface area contributed by atoms with Crippen LogP contribution in [-0.2, 0) is 5.41 Å². The van der Waals surface area contributed by atoms with Crippen LogP contribution in [0.3, 0.4) is 0 Å². The standard InChI is InChI=1S/C23H25N3O/c1-14-10-17(23(4,5)6)11-15(2)21(14)26-18-13-25-16(3)12-20(18)27-19-8-7-9-24-22(19)26/h7-13H,1-6H3. The highest BCUT2D eigenvalue weighted by Crippen LogP contribution is 2.50. The molecular weight excluding hydrogens is 334 g/mol. The molecule has 0 saturated heterocycles. The Bertz CT molecular complexity index is 1010. The van der Waals surface area contributed by atoms with E-state index in [4.69, 9.17) is 4.74 Å². The Kier molecular flexibility index (Phi) is 3.95. The maximum atomic E-state index is 6.12. The summed E-state index contributed by atoms with van der Waals surface area (Å²) < 4.78 is 6.12. The molecule has 0 N–H and O–H groups in total. The van der Waals surface area contributed by atoms with Gasteiger partial charge in [0, 0.05) is 18.0 Å². The predicted molar refractivity (Wildman–Crippen MR) is 110 cm³/mol. The summed E-state index contributed by atoms with van der Waals surface area (Å²) in [5.41, 5.74) is 6.84. The molecule has 0 unspecified atom stereocenters. The van der Waals surface area contributed by atoms with Gasteiger partial charge in [-0.2, -0.15) is 0 Å². The first kappa shape index (κ1) is 17.5. The minimum absolute atomic E-state index is 0.103. The zero-order chi connectivity index (χ0) is 19.3. The Morgan fingerprint density at radius 3 is 2.30 bits per heavy atom. The Balaban J connectivity index is 1.97. The van der Waals surface area contributed by atoms with Crippen LogP contribution in [0.1, 0.15) is 43.2 Å². The lowest BCUT2D eigenvalue weighted by atomic mass is 9.84. The largest absolute Gasteiger partial charge is 0.451 e. The average molecular weight is 359 g/mol. The van der Waals surface area contributed by atoms with Crippen molar-refractivity contribution in [3.63, 3.8) is 0 Å². The Hall–Kier alpha value is -2.88. The molecular formula is C23H25N3O. The maximum Gasteiger partial charge on any atom is 0.181 e. The summed E-state index contributed by atoms with van der Waals surface area (Å²) in [5, 5.41) is 0. The highest BCUT2D eigenvalue weighted by Gasteiger charge is 2.30. The molecule has 3 aromatic rings. The highest BCUT2D eigenvalue weighted by atomic mass is 16.5. The summed E-state index contributed by atoms with van der Waals surface area (Å²) >= 11 is 0. The number of fused-ring (bicyclic) bond motifs is 2. The van der Waals surface area contributed by atoms with Gasteiger partial charge in [0.25, 0.3) is 0 Å². The number of aromatic nitrogens is 2. The molecule has 0 fully saturated rings. The maximum absolute atomic E-state index is 6.12. The number of ether oxygens (including phenoxy) is 1. The third kappa shape index (κ3) is 2.95. The zero-order valence-corrected chi connectivity index (χ0v) is 16.8. The van der Waals surface area contributed by atoms with E-state index in [0.29, 0.717) is 0 Å². The van der Waals surface area contributed by atoms with Crippen LogP contribution in [-0.4, -0.2) is 9.97 Å². The van der Waals surface area contributed by atoms with Crippen molar-refractivity contribution < 1.29 is 4.74 Å². The van der Waals surface area contributed by atoms with Crippen LogP contribution in [0.15, 0.2) is 42.7 Å². The smallest absolute Gasteiger partial charge is 0.181 e. The van der Waals surface area contributed by atoms with Gasteiger partial charge in [-0.3, -0.25) is 9.88 Å². The molecule has 4 heteroatoms. The number of hydrogen-bond donors (Lipinski definition) is 0. The van der Waals surface area contributed by atoms with Crippen molar-refractivity contribution in [2.75, 3.05) is 4.90 Å². The number of pyridine rings is 2. The Morgan fingerprint density at radius 2 is 1.63 bits per heavy atom. The van der Waals surface area contributed by atoms with E-state index in [1.807, 2.05) is 31.3 Å². The van der Waals surface area contributed by atoms with Crippen LogP contribution in [0.4, 0.5) is 17.2 Å². The van der Waals surface area contributed by atoms with E-state index >= 15 is 0 Å². The van der Waals surface area contributed by atoms with Gasteiger partial charge in [-0.25, -0.2) is 4.98 Å². The monoisotopic (exact) mass is 359 g/mol. The number of aryl methyl sites for hydroxylation is 3. The van der Waals surface area contributed by atoms with Crippen molar-refractivity contribution >= 4 is 17.2 Å². The molecule has 0 atom stereocenters. The van der Waals surface area contributed by atoms with Gasteiger partial charge in [0.05, 0.1) is 11.9 Å². The van der Waals surface area contributed by atoms with Crippen LogP contribution in [0.2, 0.25) is 0 Å². The first-order valence-electron chi connectivity index (χ1n) is 9.27. The van der Waals surface area contributed by atoms with Crippen LogP contribution in [0, 0.1) is 20.8 Å². The van der Waals surface area contributed by atoms with Crippen molar-refractivity contribution in [1.82, 2.24) is 9.97 Å². The number of hydrogen-bond acceptors (Lipinski definition) is 4. The Labute approximate surface area is 160 Å². The minimum Gasteiger partial charge on any atom is -0.451 e. The molecule has 0 saturated carbocycles. The molecule has 4 nitrogen and oxygen atoms in total. The molecule has 0 spiro atoms. The van der Waals surface area contributed by atoms with Crippen LogP contribution >= 0.6 is 0 Å². The van der Waals surface area contributed by atoms with Gasteiger partial charge in [-0.05, 0) is 55.0 Å². The fraction of sp³-hybridized carbons (Fsp3) is 0.304. The number of anilines is 3. The molecule has 4 rings (SSSR count). The van der Waals surface area contributed by atoms with E-state index in [1.165, 1.54) is 16.7 Å². The van der Waals surface area contributed by atoms with Crippen molar-refractivity contribution in [1.29, 1.82) is 0 Å². The van der Waals surface area contributed by atoms with Crippen molar-refractivity contribution in [2.24, 2.45) is 0 Å². The summed E-state index contributed by atoms with van der Waals surface area (Å²) in [6.07, 6.45) is 3.68. The lowest BCUT2D eigenvalue weighted by Gasteiger charge is -2.34. The zero-order valence-electron chi connectivity index (χ0n) is 16.8. The second-order valence-corrected chi connectivity index (χ2v) is 8.26. The fourth-order valence-corrected chi connectivity index (χ4v) is 3.61. The minimum atomic E-state index is 0.103. The predicted octanol–water partition coefficient (Wildman–Crippen LogP) is 6.27. The topological polar surface area (TPSA) is 38.2 Å². The van der Waals surface area contributed by atoms with E-state index in [2.05, 4.69) is 61.6 Å². The van der Waals surface area contributed by atoms with Gasteiger partial charge in [-0.15, -0.1) is 0 Å². The number of nitrogens with zero attached hydrogens (tertiary/aromatic N) is 3. The van der Waals surface area contributed by atoms with E-state index in [9.17, 15) is 0 Å². The quantitative estimate of drug-likeness (QED) is 0.401. The van der Waals surface area contributed by atoms with E-state index in [0.717, 1.165) is 34.4 Å². The van der Waals surface area contributed by atoms with Crippen molar-refractivity contribution in [2.45, 2.75) is 47.0 Å². The lowest BCUT2D eigenvalue weighted by Crippen LogP contribution is -2.20. The van der Waals surface area contributed by atoms with Crippen LogP contribution in [0.5, 0.6) is 11.5 Å². The summed E-state index contributed by atoms with van der Waals surface area (Å²) in [7, 11) is 0. The van der Waals surface area contributed by atoms with Crippen LogP contribution < -0.4 is 9.64 Å². The van der Waals surface area contributed by atoms with Crippen LogP contribution in [0.25, 0.3) is 0 Å². The van der Waals surface area contributed by atoms with Gasteiger partial charge < -0.3 is 4.74 Å². The molecule has 27 heavy (non-hydrogen) atoms. The van der Waals surface area contributed by atoms with E-state index < -0.39 is 0 Å². The Morgan fingerprint density at radius 1 is 0.926 bits per heavy atom. The molecule has 1 aromatic carbocycles. The normalized spacial score (nSPS) is 13.0. The SMILES string of the molecule is Cc1cc2c(cn1)N(c1c(C)cc(C(C)(C)C)cc1C)c1ncccc1O2.